The summed E-state index contributed by atoms with van der Waals surface area (Å²) in [4.78, 5) is 12.3. The molecule has 1 aliphatic rings. The second kappa shape index (κ2) is 12.2. The van der Waals surface area contributed by atoms with Crippen molar-refractivity contribution in [3.05, 3.63) is 70.8 Å². The highest BCUT2D eigenvalue weighted by molar-refractivity contribution is 5.85. The van der Waals surface area contributed by atoms with Crippen LogP contribution in [0.15, 0.2) is 43.0 Å². The van der Waals surface area contributed by atoms with Gasteiger partial charge in [-0.2, -0.15) is 0 Å². The minimum atomic E-state index is -0.214. The molecule has 0 aliphatic carbocycles. The van der Waals surface area contributed by atoms with Crippen molar-refractivity contribution in [3.8, 4) is 0 Å². The normalized spacial score (nSPS) is 13.4. The number of carbonyl (C=O) groups is 1. The van der Waals surface area contributed by atoms with Crippen molar-refractivity contribution in [2.75, 3.05) is 13.7 Å². The number of rotatable bonds is 8. The average Bonchev–Trinajstić information content (AvgIpc) is 3.21. The fraction of sp³-hybridized carbons (Fsp3) is 0.400. The molecule has 3 aromatic rings. The number of hydrogen-bond donors (Lipinski definition) is 1. The van der Waals surface area contributed by atoms with E-state index in [0.29, 0.717) is 6.42 Å². The second-order valence-electron chi connectivity index (χ2n) is 8.18. The third kappa shape index (κ3) is 5.75. The van der Waals surface area contributed by atoms with Crippen LogP contribution in [0.1, 0.15) is 53.0 Å². The van der Waals surface area contributed by atoms with Gasteiger partial charge >= 0.3 is 5.97 Å². The van der Waals surface area contributed by atoms with Crippen molar-refractivity contribution in [2.45, 2.75) is 51.6 Å². The van der Waals surface area contributed by atoms with E-state index in [1.165, 1.54) is 18.2 Å². The number of aryl methyl sites for hydroxylation is 2. The van der Waals surface area contributed by atoms with Gasteiger partial charge in [-0.1, -0.05) is 35.6 Å². The van der Waals surface area contributed by atoms with Gasteiger partial charge in [-0.25, -0.2) is 4.68 Å². The van der Waals surface area contributed by atoms with Gasteiger partial charge in [-0.15, -0.1) is 36.5 Å². The van der Waals surface area contributed by atoms with Crippen molar-refractivity contribution in [2.24, 2.45) is 0 Å². The first kappa shape index (κ1) is 26.8. The average molecular weight is 491 g/mol. The van der Waals surface area contributed by atoms with Crippen molar-refractivity contribution < 1.29 is 9.53 Å². The summed E-state index contributed by atoms with van der Waals surface area (Å²) in [7, 11) is 1.45. The van der Waals surface area contributed by atoms with Crippen molar-refractivity contribution in [1.29, 1.82) is 0 Å². The Morgan fingerprint density at radius 3 is 2.85 bits per heavy atom. The molecule has 1 aromatic heterocycles. The Morgan fingerprint density at radius 1 is 1.27 bits per heavy atom. The maximum absolute atomic E-state index is 12.3. The summed E-state index contributed by atoms with van der Waals surface area (Å²) in [6.07, 6.45) is 5.19. The van der Waals surface area contributed by atoms with Gasteiger partial charge in [-0.3, -0.25) is 4.79 Å². The number of aromatic nitrogens is 3. The molecular weight excluding hydrogens is 459 g/mol. The van der Waals surface area contributed by atoms with Crippen molar-refractivity contribution in [1.82, 2.24) is 20.3 Å². The Bertz CT molecular complexity index is 1110. The second-order valence-corrected chi connectivity index (χ2v) is 8.18. The lowest BCUT2D eigenvalue weighted by Crippen LogP contribution is -2.24. The van der Waals surface area contributed by atoms with Gasteiger partial charge in [0.2, 0.25) is 0 Å². The molecule has 0 fully saturated rings. The molecule has 4 rings (SSSR count). The summed E-state index contributed by atoms with van der Waals surface area (Å²) >= 11 is 0. The first-order valence-electron chi connectivity index (χ1n) is 10.9. The van der Waals surface area contributed by atoms with Gasteiger partial charge in [0, 0.05) is 19.0 Å². The highest BCUT2D eigenvalue weighted by atomic mass is 35.5. The van der Waals surface area contributed by atoms with E-state index in [-0.39, 0.29) is 36.7 Å². The zero-order chi connectivity index (χ0) is 21.8. The van der Waals surface area contributed by atoms with Crippen LogP contribution in [0.4, 0.5) is 0 Å². The highest BCUT2D eigenvalue weighted by Crippen LogP contribution is 2.35. The first-order valence-corrected chi connectivity index (χ1v) is 10.9. The van der Waals surface area contributed by atoms with Gasteiger partial charge in [0.1, 0.15) is 5.52 Å². The monoisotopic (exact) mass is 490 g/mol. The maximum Gasteiger partial charge on any atom is 0.306 e. The number of fused-ring (bicyclic) bond motifs is 2. The molecule has 1 aliphatic heterocycles. The molecule has 0 saturated heterocycles. The van der Waals surface area contributed by atoms with E-state index in [2.05, 4.69) is 59.5 Å². The summed E-state index contributed by atoms with van der Waals surface area (Å²) in [5, 5.41) is 12.3. The minimum Gasteiger partial charge on any atom is -0.469 e. The molecule has 33 heavy (non-hydrogen) atoms. The SMILES string of the molecule is C=CCCCn1nnc2c(C)c(C(CC(=O)OC)c3ccc4c(c3)CNCC4)ccc21.Cl.Cl. The summed E-state index contributed by atoms with van der Waals surface area (Å²) in [5.74, 6) is -0.302. The smallest absolute Gasteiger partial charge is 0.306 e. The third-order valence-electron chi connectivity index (χ3n) is 6.25. The van der Waals surface area contributed by atoms with Crippen molar-refractivity contribution >= 4 is 41.8 Å². The molecule has 0 radical (unpaired) electrons. The van der Waals surface area contributed by atoms with Gasteiger partial charge in [-0.05, 0) is 66.6 Å². The van der Waals surface area contributed by atoms with Crippen LogP contribution in [0.25, 0.3) is 11.0 Å². The third-order valence-corrected chi connectivity index (χ3v) is 6.25. The number of esters is 1. The van der Waals surface area contributed by atoms with Gasteiger partial charge in [0.05, 0.1) is 19.0 Å². The van der Waals surface area contributed by atoms with E-state index in [0.717, 1.165) is 66.6 Å². The van der Waals surface area contributed by atoms with Crippen LogP contribution in [0, 0.1) is 6.92 Å². The van der Waals surface area contributed by atoms with E-state index in [1.807, 2.05) is 10.8 Å². The lowest BCUT2D eigenvalue weighted by Gasteiger charge is -2.23. The van der Waals surface area contributed by atoms with Crippen LogP contribution in [0.2, 0.25) is 0 Å². The first-order chi connectivity index (χ1) is 15.1. The van der Waals surface area contributed by atoms with E-state index in [9.17, 15) is 4.79 Å². The summed E-state index contributed by atoms with van der Waals surface area (Å²) < 4.78 is 6.99. The van der Waals surface area contributed by atoms with Gasteiger partial charge in [0.25, 0.3) is 0 Å². The fourth-order valence-corrected chi connectivity index (χ4v) is 4.49. The molecule has 6 nitrogen and oxygen atoms in total. The summed E-state index contributed by atoms with van der Waals surface area (Å²) in [6, 6.07) is 10.8. The Kier molecular flexibility index (Phi) is 9.89. The lowest BCUT2D eigenvalue weighted by atomic mass is 9.83. The maximum atomic E-state index is 12.3. The van der Waals surface area contributed by atoms with E-state index >= 15 is 0 Å². The quantitative estimate of drug-likeness (QED) is 0.276. The fourth-order valence-electron chi connectivity index (χ4n) is 4.49. The predicted molar refractivity (Wildman–Crippen MR) is 137 cm³/mol. The zero-order valence-electron chi connectivity index (χ0n) is 19.2. The molecule has 0 bridgehead atoms. The number of nitrogens with one attached hydrogen (secondary N) is 1. The van der Waals surface area contributed by atoms with Crippen LogP contribution in [0.3, 0.4) is 0 Å². The van der Waals surface area contributed by atoms with Crippen LogP contribution in [-0.4, -0.2) is 34.6 Å². The number of ether oxygens (including phenoxy) is 1. The molecule has 1 unspecified atom stereocenters. The number of allylic oxidation sites excluding steroid dienone is 1. The highest BCUT2D eigenvalue weighted by Gasteiger charge is 2.24. The standard InChI is InChI=1S/C25H30N4O2.2ClH/c1-4-5-6-13-29-23-10-9-21(17(2)25(23)27-28-29)22(15-24(30)31-3)19-8-7-18-11-12-26-16-20(18)14-19;;/h4,7-10,14,22,26H,1,5-6,11-13,15-16H2,2-3H3;2*1H. The number of carbonyl (C=O) groups excluding carboxylic acids is 1. The van der Waals surface area contributed by atoms with E-state index in [4.69, 9.17) is 4.74 Å². The molecule has 0 saturated carbocycles. The Balaban J connectivity index is 0.00000193. The number of methoxy groups -OCH3 is 1. The van der Waals surface area contributed by atoms with Gasteiger partial charge < -0.3 is 10.1 Å². The van der Waals surface area contributed by atoms with Gasteiger partial charge in [0.15, 0.2) is 0 Å². The molecule has 8 heteroatoms. The largest absolute Gasteiger partial charge is 0.469 e. The van der Waals surface area contributed by atoms with Crippen LogP contribution < -0.4 is 5.32 Å². The number of unbranched alkanes of at least 4 members (excludes halogenated alkanes) is 1. The van der Waals surface area contributed by atoms with Crippen LogP contribution in [0.5, 0.6) is 0 Å². The minimum absolute atomic E-state index is 0. The zero-order valence-corrected chi connectivity index (χ0v) is 20.8. The predicted octanol–water partition coefficient (Wildman–Crippen LogP) is 4.89. The Morgan fingerprint density at radius 2 is 2.09 bits per heavy atom. The molecule has 1 N–H and O–H groups in total. The molecule has 2 aromatic carbocycles. The lowest BCUT2D eigenvalue weighted by molar-refractivity contribution is -0.140. The van der Waals surface area contributed by atoms with E-state index in [1.54, 1.807) is 0 Å². The Hall–Kier alpha value is -2.41. The van der Waals surface area contributed by atoms with E-state index < -0.39 is 0 Å². The topological polar surface area (TPSA) is 69.0 Å². The molecular formula is C25H32Cl2N4O2. The van der Waals surface area contributed by atoms with Crippen LogP contribution >= 0.6 is 24.8 Å². The van der Waals surface area contributed by atoms with Crippen LogP contribution in [-0.2, 0) is 29.0 Å². The summed E-state index contributed by atoms with van der Waals surface area (Å²) in [5.41, 5.74) is 7.91. The number of benzene rings is 2. The molecule has 0 spiro atoms. The number of nitrogens with zero attached hydrogens (tertiary/aromatic N) is 3. The number of halogens is 2. The molecule has 2 heterocycles. The van der Waals surface area contributed by atoms with Crippen molar-refractivity contribution in [3.63, 3.8) is 0 Å². The summed E-state index contributed by atoms with van der Waals surface area (Å²) in [6.45, 7) is 8.55. The molecule has 0 amide bonds. The Labute approximate surface area is 207 Å². The molecule has 178 valence electrons. The number of hydrogen-bond acceptors (Lipinski definition) is 5. The molecule has 1 atom stereocenters.